The third kappa shape index (κ3) is 2.42. The summed E-state index contributed by atoms with van der Waals surface area (Å²) in [6, 6.07) is 8.75. The predicted octanol–water partition coefficient (Wildman–Crippen LogP) is 2.92. The number of hydrogen-bond acceptors (Lipinski definition) is 1. The summed E-state index contributed by atoms with van der Waals surface area (Å²) in [6.07, 6.45) is 2.12. The molecule has 2 nitrogen and oxygen atoms in total. The fraction of sp³-hybridized carbons (Fsp3) is 0.333. The van der Waals surface area contributed by atoms with Crippen molar-refractivity contribution >= 4 is 0 Å². The molecule has 0 aliphatic heterocycles. The van der Waals surface area contributed by atoms with Crippen LogP contribution in [0.25, 0.3) is 0 Å². The Morgan fingerprint density at radius 2 is 1.82 bits per heavy atom. The van der Waals surface area contributed by atoms with Crippen LogP contribution >= 0.6 is 0 Å². The fourth-order valence-corrected chi connectivity index (χ4v) is 2.08. The second-order valence-corrected chi connectivity index (χ2v) is 4.68. The van der Waals surface area contributed by atoms with Crippen molar-refractivity contribution in [2.75, 3.05) is 0 Å². The van der Waals surface area contributed by atoms with Gasteiger partial charge >= 0.3 is 0 Å². The molecule has 0 fully saturated rings. The number of aromatic nitrogens is 1. The molecule has 0 atom stereocenters. The van der Waals surface area contributed by atoms with Crippen LogP contribution in [0.2, 0.25) is 0 Å². The number of aryl methyl sites for hydroxylation is 2. The van der Waals surface area contributed by atoms with Gasteiger partial charge in [0, 0.05) is 25.0 Å². The maximum absolute atomic E-state index is 5.69. The van der Waals surface area contributed by atoms with Gasteiger partial charge in [0.2, 0.25) is 0 Å². The largest absolute Gasteiger partial charge is 0.347 e. The lowest BCUT2D eigenvalue weighted by Gasteiger charge is -2.09. The van der Waals surface area contributed by atoms with Gasteiger partial charge in [0.15, 0.2) is 0 Å². The van der Waals surface area contributed by atoms with Gasteiger partial charge in [0.1, 0.15) is 0 Å². The van der Waals surface area contributed by atoms with Crippen LogP contribution in [0.5, 0.6) is 0 Å². The van der Waals surface area contributed by atoms with E-state index >= 15 is 0 Å². The Morgan fingerprint density at radius 3 is 2.41 bits per heavy atom. The average Bonchev–Trinajstić information content (AvgIpc) is 2.65. The molecule has 2 rings (SSSR count). The Bertz CT molecular complexity index is 524. The fourth-order valence-electron chi connectivity index (χ4n) is 2.08. The predicted molar refractivity (Wildman–Crippen MR) is 72.1 cm³/mol. The van der Waals surface area contributed by atoms with Crippen molar-refractivity contribution in [1.29, 1.82) is 0 Å². The molecule has 0 bridgehead atoms. The minimum atomic E-state index is 0.617. The molecule has 1 aromatic heterocycles. The van der Waals surface area contributed by atoms with Crippen LogP contribution in [-0.4, -0.2) is 4.57 Å². The molecule has 2 aromatic rings. The Kier molecular flexibility index (Phi) is 3.34. The van der Waals surface area contributed by atoms with Crippen LogP contribution in [0.4, 0.5) is 0 Å². The zero-order valence-electron chi connectivity index (χ0n) is 10.8. The lowest BCUT2D eigenvalue weighted by molar-refractivity contribution is 0.768. The highest BCUT2D eigenvalue weighted by Gasteiger charge is 2.04. The van der Waals surface area contributed by atoms with E-state index < -0.39 is 0 Å². The maximum Gasteiger partial charge on any atom is 0.0472 e. The topological polar surface area (TPSA) is 30.9 Å². The Labute approximate surface area is 103 Å². The molecule has 2 heteroatoms. The smallest absolute Gasteiger partial charge is 0.0472 e. The molecule has 90 valence electrons. The van der Waals surface area contributed by atoms with E-state index in [1.165, 1.54) is 27.9 Å². The maximum atomic E-state index is 5.69. The lowest BCUT2D eigenvalue weighted by Crippen LogP contribution is -2.03. The highest BCUT2D eigenvalue weighted by atomic mass is 15.0. The molecule has 0 radical (unpaired) electrons. The van der Waals surface area contributed by atoms with Gasteiger partial charge in [0.25, 0.3) is 0 Å². The molecule has 1 aromatic carbocycles. The van der Waals surface area contributed by atoms with Crippen molar-refractivity contribution in [3.8, 4) is 0 Å². The number of benzene rings is 1. The van der Waals surface area contributed by atoms with Crippen LogP contribution in [-0.2, 0) is 13.1 Å². The molecule has 17 heavy (non-hydrogen) atoms. The second kappa shape index (κ2) is 4.76. The molecule has 0 saturated heterocycles. The van der Waals surface area contributed by atoms with Crippen molar-refractivity contribution in [1.82, 2.24) is 4.57 Å². The van der Waals surface area contributed by atoms with Gasteiger partial charge in [0.05, 0.1) is 0 Å². The van der Waals surface area contributed by atoms with Crippen LogP contribution in [0.3, 0.4) is 0 Å². The SMILES string of the molecule is Cc1ccc(Cn2ccc(CN)c2C)cc1C. The van der Waals surface area contributed by atoms with Crippen LogP contribution in [0.1, 0.15) is 27.9 Å². The van der Waals surface area contributed by atoms with Gasteiger partial charge in [-0.05, 0) is 49.1 Å². The molecule has 0 spiro atoms. The molecule has 0 amide bonds. The number of nitrogens with zero attached hydrogens (tertiary/aromatic N) is 1. The molecule has 0 saturated carbocycles. The Morgan fingerprint density at radius 1 is 1.06 bits per heavy atom. The number of hydrogen-bond donors (Lipinski definition) is 1. The summed E-state index contributed by atoms with van der Waals surface area (Å²) in [7, 11) is 0. The summed E-state index contributed by atoms with van der Waals surface area (Å²) in [4.78, 5) is 0. The summed E-state index contributed by atoms with van der Waals surface area (Å²) in [5, 5.41) is 0. The minimum Gasteiger partial charge on any atom is -0.347 e. The first-order valence-corrected chi connectivity index (χ1v) is 6.02. The summed E-state index contributed by atoms with van der Waals surface area (Å²) in [5.74, 6) is 0. The van der Waals surface area contributed by atoms with Crippen molar-refractivity contribution in [2.24, 2.45) is 5.73 Å². The molecule has 1 heterocycles. The summed E-state index contributed by atoms with van der Waals surface area (Å²) in [5.41, 5.74) is 12.2. The summed E-state index contributed by atoms with van der Waals surface area (Å²) < 4.78 is 2.26. The van der Waals surface area contributed by atoms with Gasteiger partial charge in [-0.1, -0.05) is 18.2 Å². The quantitative estimate of drug-likeness (QED) is 0.860. The normalized spacial score (nSPS) is 10.8. The van der Waals surface area contributed by atoms with Gasteiger partial charge in [-0.3, -0.25) is 0 Å². The van der Waals surface area contributed by atoms with Gasteiger partial charge in [-0.15, -0.1) is 0 Å². The monoisotopic (exact) mass is 228 g/mol. The van der Waals surface area contributed by atoms with E-state index in [1.54, 1.807) is 0 Å². The number of nitrogens with two attached hydrogens (primary N) is 1. The van der Waals surface area contributed by atoms with E-state index in [0.717, 1.165) is 6.54 Å². The van der Waals surface area contributed by atoms with E-state index in [9.17, 15) is 0 Å². The van der Waals surface area contributed by atoms with Crippen LogP contribution in [0, 0.1) is 20.8 Å². The Balaban J connectivity index is 2.25. The van der Waals surface area contributed by atoms with E-state index in [0.29, 0.717) is 6.54 Å². The summed E-state index contributed by atoms with van der Waals surface area (Å²) in [6.45, 7) is 7.97. The summed E-state index contributed by atoms with van der Waals surface area (Å²) >= 11 is 0. The molecule has 2 N–H and O–H groups in total. The van der Waals surface area contributed by atoms with Crippen molar-refractivity contribution < 1.29 is 0 Å². The second-order valence-electron chi connectivity index (χ2n) is 4.68. The van der Waals surface area contributed by atoms with Gasteiger partial charge in [-0.2, -0.15) is 0 Å². The lowest BCUT2D eigenvalue weighted by atomic mass is 10.1. The highest BCUT2D eigenvalue weighted by Crippen LogP contribution is 2.14. The highest BCUT2D eigenvalue weighted by molar-refractivity contribution is 5.31. The van der Waals surface area contributed by atoms with Crippen molar-refractivity contribution in [3.63, 3.8) is 0 Å². The van der Waals surface area contributed by atoms with Gasteiger partial charge in [-0.25, -0.2) is 0 Å². The first kappa shape index (κ1) is 11.9. The van der Waals surface area contributed by atoms with Crippen LogP contribution in [0.15, 0.2) is 30.5 Å². The van der Waals surface area contributed by atoms with E-state index in [4.69, 9.17) is 5.73 Å². The molecule has 0 aliphatic rings. The first-order valence-electron chi connectivity index (χ1n) is 6.02. The van der Waals surface area contributed by atoms with E-state index in [2.05, 4.69) is 55.8 Å². The third-order valence-corrected chi connectivity index (χ3v) is 3.50. The van der Waals surface area contributed by atoms with E-state index in [-0.39, 0.29) is 0 Å². The molecular weight excluding hydrogens is 208 g/mol. The van der Waals surface area contributed by atoms with E-state index in [1.807, 2.05) is 0 Å². The van der Waals surface area contributed by atoms with Crippen molar-refractivity contribution in [2.45, 2.75) is 33.9 Å². The first-order chi connectivity index (χ1) is 8.11. The number of rotatable bonds is 3. The zero-order valence-corrected chi connectivity index (χ0v) is 10.8. The standard InChI is InChI=1S/C15H20N2/c1-11-4-5-14(8-12(11)2)10-17-7-6-15(9-16)13(17)3/h4-8H,9-10,16H2,1-3H3. The van der Waals surface area contributed by atoms with Gasteiger partial charge < -0.3 is 10.3 Å². The van der Waals surface area contributed by atoms with Crippen LogP contribution < -0.4 is 5.73 Å². The molecular formula is C15H20N2. The Hall–Kier alpha value is -1.54. The average molecular weight is 228 g/mol. The molecule has 0 aliphatic carbocycles. The minimum absolute atomic E-state index is 0.617. The molecule has 0 unspecified atom stereocenters. The third-order valence-electron chi connectivity index (χ3n) is 3.50. The zero-order chi connectivity index (χ0) is 12.4. The van der Waals surface area contributed by atoms with Crippen molar-refractivity contribution in [3.05, 3.63) is 58.4 Å².